The molecular weight excluding hydrogens is 344 g/mol. The normalized spacial score (nSPS) is 16.5. The van der Waals surface area contributed by atoms with Crippen molar-refractivity contribution < 1.29 is 22.7 Å². The maximum absolute atomic E-state index is 13.9. The molecule has 0 radical (unpaired) electrons. The van der Waals surface area contributed by atoms with Gasteiger partial charge in [0.15, 0.2) is 11.6 Å². The molecule has 0 spiro atoms. The summed E-state index contributed by atoms with van der Waals surface area (Å²) in [4.78, 5) is 16.9. The van der Waals surface area contributed by atoms with E-state index in [9.17, 15) is 13.6 Å². The quantitative estimate of drug-likeness (QED) is 0.721. The minimum absolute atomic E-state index is 0.213. The Hall–Kier alpha value is -3.16. The molecule has 0 fully saturated rings. The van der Waals surface area contributed by atoms with E-state index in [4.69, 9.17) is 9.15 Å². The molecule has 6 nitrogen and oxygen atoms in total. The summed E-state index contributed by atoms with van der Waals surface area (Å²) in [5.74, 6) is -2.10. The maximum Gasteiger partial charge on any atom is 0.338 e. The monoisotopic (exact) mass is 359 g/mol. The van der Waals surface area contributed by atoms with Crippen molar-refractivity contribution in [2.45, 2.75) is 19.9 Å². The highest BCUT2D eigenvalue weighted by molar-refractivity contribution is 5.94. The number of allylic oxidation sites excluding steroid dienone is 1. The van der Waals surface area contributed by atoms with Crippen molar-refractivity contribution >= 4 is 23.0 Å². The summed E-state index contributed by atoms with van der Waals surface area (Å²) in [7, 11) is 0. The van der Waals surface area contributed by atoms with Crippen molar-refractivity contribution in [1.82, 2.24) is 9.55 Å². The van der Waals surface area contributed by atoms with Gasteiger partial charge in [0.25, 0.3) is 0 Å². The largest absolute Gasteiger partial charge is 0.472 e. The lowest BCUT2D eigenvalue weighted by Gasteiger charge is -2.29. The topological polar surface area (TPSA) is 69.3 Å². The molecule has 1 N–H and O–H groups in total. The van der Waals surface area contributed by atoms with Gasteiger partial charge in [-0.1, -0.05) is 0 Å². The third-order valence-electron chi connectivity index (χ3n) is 4.32. The highest BCUT2D eigenvalue weighted by Gasteiger charge is 2.35. The Morgan fingerprint density at radius 3 is 2.85 bits per heavy atom. The van der Waals surface area contributed by atoms with Crippen LogP contribution in [-0.2, 0) is 9.53 Å². The number of carbonyl (C=O) groups is 1. The number of fused-ring (bicyclic) bond motifs is 3. The van der Waals surface area contributed by atoms with E-state index >= 15 is 0 Å². The molecule has 0 saturated heterocycles. The number of esters is 1. The van der Waals surface area contributed by atoms with Gasteiger partial charge < -0.3 is 14.5 Å². The van der Waals surface area contributed by atoms with E-state index in [0.717, 1.165) is 12.1 Å². The molecule has 3 heterocycles. The number of anilines is 1. The zero-order valence-electron chi connectivity index (χ0n) is 14.0. The number of benzene rings is 1. The Morgan fingerprint density at radius 2 is 2.15 bits per heavy atom. The van der Waals surface area contributed by atoms with Gasteiger partial charge in [-0.05, 0) is 19.9 Å². The maximum atomic E-state index is 13.9. The molecule has 0 aliphatic carbocycles. The minimum Gasteiger partial charge on any atom is -0.472 e. The standard InChI is InChI=1S/C18H15F2N3O3/c1-3-26-17(24)15-9(2)21-18-22-13-6-11(19)12(20)7-14(13)23(18)16(15)10-4-5-25-8-10/h4-8,16H,3H2,1-2H3,(H,21,22). The van der Waals surface area contributed by atoms with Crippen molar-refractivity contribution in [2.24, 2.45) is 0 Å². The fraction of sp³-hybridized carbons (Fsp3) is 0.222. The highest BCUT2D eigenvalue weighted by Crippen LogP contribution is 2.40. The van der Waals surface area contributed by atoms with E-state index in [0.29, 0.717) is 28.3 Å². The van der Waals surface area contributed by atoms with Crippen LogP contribution in [0.1, 0.15) is 25.5 Å². The Kier molecular flexibility index (Phi) is 3.75. The molecule has 1 aliphatic heterocycles. The van der Waals surface area contributed by atoms with Gasteiger partial charge in [-0.2, -0.15) is 0 Å². The summed E-state index contributed by atoms with van der Waals surface area (Å²) < 4.78 is 39.5. The van der Waals surface area contributed by atoms with E-state index < -0.39 is 23.6 Å². The summed E-state index contributed by atoms with van der Waals surface area (Å²) >= 11 is 0. The lowest BCUT2D eigenvalue weighted by molar-refractivity contribution is -0.139. The number of nitrogens with one attached hydrogen (secondary N) is 1. The van der Waals surface area contributed by atoms with Gasteiger partial charge in [0.1, 0.15) is 0 Å². The van der Waals surface area contributed by atoms with E-state index in [-0.39, 0.29) is 12.1 Å². The summed E-state index contributed by atoms with van der Waals surface area (Å²) in [6, 6.07) is 3.17. The van der Waals surface area contributed by atoms with E-state index in [2.05, 4.69) is 10.3 Å². The van der Waals surface area contributed by atoms with Crippen LogP contribution in [-0.4, -0.2) is 22.1 Å². The van der Waals surface area contributed by atoms with Crippen LogP contribution in [0.4, 0.5) is 14.7 Å². The third kappa shape index (κ3) is 2.37. The number of rotatable bonds is 3. The molecule has 2 aromatic heterocycles. The average molecular weight is 359 g/mol. The van der Waals surface area contributed by atoms with Crippen molar-refractivity contribution in [3.05, 3.63) is 59.2 Å². The fourth-order valence-corrected chi connectivity index (χ4v) is 3.23. The molecule has 0 bridgehead atoms. The molecule has 8 heteroatoms. The lowest BCUT2D eigenvalue weighted by atomic mass is 9.97. The Morgan fingerprint density at radius 1 is 1.38 bits per heavy atom. The van der Waals surface area contributed by atoms with Gasteiger partial charge in [-0.3, -0.25) is 4.57 Å². The van der Waals surface area contributed by atoms with Crippen molar-refractivity contribution in [3.8, 4) is 0 Å². The number of halogens is 2. The number of nitrogens with zero attached hydrogens (tertiary/aromatic N) is 2. The van der Waals surface area contributed by atoms with Gasteiger partial charge in [-0.15, -0.1) is 0 Å². The first-order chi connectivity index (χ1) is 12.5. The number of carbonyl (C=O) groups excluding carboxylic acids is 1. The minimum atomic E-state index is -0.991. The molecular formula is C18H15F2N3O3. The molecule has 3 aromatic rings. The lowest BCUT2D eigenvalue weighted by Crippen LogP contribution is -2.28. The van der Waals surface area contributed by atoms with Gasteiger partial charge in [0.2, 0.25) is 5.95 Å². The van der Waals surface area contributed by atoms with Gasteiger partial charge in [0.05, 0.1) is 41.8 Å². The van der Waals surface area contributed by atoms with Crippen LogP contribution in [0.3, 0.4) is 0 Å². The van der Waals surface area contributed by atoms with Crippen LogP contribution in [0.2, 0.25) is 0 Å². The second-order valence-electron chi connectivity index (χ2n) is 5.90. The summed E-state index contributed by atoms with van der Waals surface area (Å²) in [6.07, 6.45) is 2.98. The van der Waals surface area contributed by atoms with Gasteiger partial charge >= 0.3 is 5.97 Å². The SMILES string of the molecule is CCOC(=O)C1=C(C)Nc2nc3cc(F)c(F)cc3n2C1c1ccoc1. The molecule has 26 heavy (non-hydrogen) atoms. The average Bonchev–Trinajstić information content (AvgIpc) is 3.22. The molecule has 4 rings (SSSR count). The molecule has 1 atom stereocenters. The number of aromatic nitrogens is 2. The van der Waals surface area contributed by atoms with Crippen molar-refractivity contribution in [3.63, 3.8) is 0 Å². The van der Waals surface area contributed by atoms with E-state index in [1.807, 2.05) is 0 Å². The first-order valence-electron chi connectivity index (χ1n) is 8.05. The Balaban J connectivity index is 1.99. The predicted molar refractivity (Wildman–Crippen MR) is 89.5 cm³/mol. The Labute approximate surface area is 147 Å². The van der Waals surface area contributed by atoms with Crippen molar-refractivity contribution in [2.75, 3.05) is 11.9 Å². The number of hydrogen-bond donors (Lipinski definition) is 1. The van der Waals surface area contributed by atoms with Crippen LogP contribution in [0.5, 0.6) is 0 Å². The van der Waals surface area contributed by atoms with Crippen LogP contribution >= 0.6 is 0 Å². The zero-order chi connectivity index (χ0) is 18.4. The van der Waals surface area contributed by atoms with Crippen LogP contribution in [0, 0.1) is 11.6 Å². The molecule has 1 aromatic carbocycles. The first-order valence-corrected chi connectivity index (χ1v) is 8.05. The van der Waals surface area contributed by atoms with E-state index in [1.54, 1.807) is 24.5 Å². The van der Waals surface area contributed by atoms with Gasteiger partial charge in [-0.25, -0.2) is 18.6 Å². The second-order valence-corrected chi connectivity index (χ2v) is 5.90. The molecule has 0 amide bonds. The van der Waals surface area contributed by atoms with Crippen LogP contribution < -0.4 is 5.32 Å². The van der Waals surface area contributed by atoms with Crippen LogP contribution in [0.15, 0.2) is 46.4 Å². The molecule has 0 saturated carbocycles. The third-order valence-corrected chi connectivity index (χ3v) is 4.32. The highest BCUT2D eigenvalue weighted by atomic mass is 19.2. The predicted octanol–water partition coefficient (Wildman–Crippen LogP) is 3.76. The van der Waals surface area contributed by atoms with E-state index in [1.165, 1.54) is 12.5 Å². The number of imidazole rings is 1. The fourth-order valence-electron chi connectivity index (χ4n) is 3.23. The van der Waals surface area contributed by atoms with Crippen molar-refractivity contribution in [1.29, 1.82) is 0 Å². The molecule has 1 aliphatic rings. The number of hydrogen-bond acceptors (Lipinski definition) is 5. The first kappa shape index (κ1) is 16.3. The molecule has 1 unspecified atom stereocenters. The zero-order valence-corrected chi connectivity index (χ0v) is 14.0. The smallest absolute Gasteiger partial charge is 0.338 e. The number of ether oxygens (including phenoxy) is 1. The molecule has 134 valence electrons. The Bertz CT molecular complexity index is 1040. The second kappa shape index (κ2) is 5.98. The summed E-state index contributed by atoms with van der Waals surface area (Å²) in [5, 5.41) is 3.02. The van der Waals surface area contributed by atoms with Crippen LogP contribution in [0.25, 0.3) is 11.0 Å². The summed E-state index contributed by atoms with van der Waals surface area (Å²) in [6.45, 7) is 3.65. The summed E-state index contributed by atoms with van der Waals surface area (Å²) in [5.41, 5.74) is 2.20. The number of furan rings is 1. The van der Waals surface area contributed by atoms with Gasteiger partial charge in [0, 0.05) is 23.4 Å².